The number of thiocarbonyl (C=S) groups is 2. The smallest absolute Gasteiger partial charge is 0.171 e. The molecule has 20 heavy (non-hydrogen) atoms. The van der Waals surface area contributed by atoms with E-state index in [4.69, 9.17) is 24.4 Å². The van der Waals surface area contributed by atoms with E-state index >= 15 is 0 Å². The second kappa shape index (κ2) is 4.84. The van der Waals surface area contributed by atoms with Crippen LogP contribution in [0, 0.1) is 0 Å². The standard InChI is InChI=1S/C14H24N4S2/c1-12(2)6-9(15-10(19)16-12)7-14(5)8-13(3,4)17-11(20)18-14/h6H,7-8H2,1-5H3,(H2,15,16,19)(H2,17,18,20). The van der Waals surface area contributed by atoms with Crippen molar-refractivity contribution in [3.05, 3.63) is 11.8 Å². The minimum absolute atomic E-state index is 0.000582. The molecule has 1 saturated heterocycles. The molecule has 2 rings (SSSR count). The van der Waals surface area contributed by atoms with E-state index in [0.717, 1.165) is 23.7 Å². The van der Waals surface area contributed by atoms with Crippen LogP contribution < -0.4 is 21.3 Å². The normalized spacial score (nSPS) is 31.4. The van der Waals surface area contributed by atoms with Gasteiger partial charge in [-0.05, 0) is 71.6 Å². The third-order valence-electron chi connectivity index (χ3n) is 3.52. The molecule has 2 aliphatic rings. The van der Waals surface area contributed by atoms with Crippen molar-refractivity contribution in [2.75, 3.05) is 0 Å². The van der Waals surface area contributed by atoms with Crippen LogP contribution >= 0.6 is 24.4 Å². The fourth-order valence-electron chi connectivity index (χ4n) is 3.28. The Labute approximate surface area is 132 Å². The third kappa shape index (κ3) is 3.82. The van der Waals surface area contributed by atoms with Crippen molar-refractivity contribution >= 4 is 34.7 Å². The molecule has 0 spiro atoms. The molecule has 0 amide bonds. The largest absolute Gasteiger partial charge is 0.358 e. The van der Waals surface area contributed by atoms with Gasteiger partial charge in [-0.1, -0.05) is 0 Å². The summed E-state index contributed by atoms with van der Waals surface area (Å²) in [5, 5.41) is 14.6. The summed E-state index contributed by atoms with van der Waals surface area (Å²) in [7, 11) is 0. The number of nitrogens with one attached hydrogen (secondary N) is 4. The van der Waals surface area contributed by atoms with Gasteiger partial charge >= 0.3 is 0 Å². The molecule has 0 aromatic rings. The molecule has 0 radical (unpaired) electrons. The lowest BCUT2D eigenvalue weighted by Crippen LogP contribution is -2.65. The first kappa shape index (κ1) is 15.5. The molecule has 1 atom stereocenters. The van der Waals surface area contributed by atoms with Crippen LogP contribution in [0.4, 0.5) is 0 Å². The first-order valence-electron chi connectivity index (χ1n) is 6.90. The Kier molecular flexibility index (Phi) is 3.75. The molecular weight excluding hydrogens is 288 g/mol. The molecule has 112 valence electrons. The summed E-state index contributed by atoms with van der Waals surface area (Å²) >= 11 is 10.6. The van der Waals surface area contributed by atoms with Gasteiger partial charge in [0.1, 0.15) is 0 Å². The lowest BCUT2D eigenvalue weighted by Gasteiger charge is -2.46. The topological polar surface area (TPSA) is 48.1 Å². The molecule has 0 aromatic carbocycles. The Morgan fingerprint density at radius 3 is 2.20 bits per heavy atom. The van der Waals surface area contributed by atoms with Gasteiger partial charge in [0, 0.05) is 23.2 Å². The molecule has 0 aliphatic carbocycles. The van der Waals surface area contributed by atoms with Crippen molar-refractivity contribution < 1.29 is 0 Å². The van der Waals surface area contributed by atoms with E-state index in [1.54, 1.807) is 0 Å². The molecule has 0 bridgehead atoms. The molecular formula is C14H24N4S2. The van der Waals surface area contributed by atoms with Crippen LogP contribution in [0.2, 0.25) is 0 Å². The average Bonchev–Trinajstić information content (AvgIpc) is 2.06. The number of hydrogen-bond acceptors (Lipinski definition) is 2. The Morgan fingerprint density at radius 2 is 1.65 bits per heavy atom. The van der Waals surface area contributed by atoms with Crippen LogP contribution in [0.25, 0.3) is 0 Å². The van der Waals surface area contributed by atoms with Crippen LogP contribution in [0.15, 0.2) is 11.8 Å². The fourth-order valence-corrected chi connectivity index (χ4v) is 4.19. The van der Waals surface area contributed by atoms with Crippen molar-refractivity contribution in [2.24, 2.45) is 0 Å². The maximum atomic E-state index is 5.34. The van der Waals surface area contributed by atoms with Crippen LogP contribution in [0.3, 0.4) is 0 Å². The summed E-state index contributed by atoms with van der Waals surface area (Å²) in [6.07, 6.45) is 4.05. The zero-order valence-corrected chi connectivity index (χ0v) is 14.4. The predicted octanol–water partition coefficient (Wildman–Crippen LogP) is 1.92. The summed E-state index contributed by atoms with van der Waals surface area (Å²) < 4.78 is 0. The lowest BCUT2D eigenvalue weighted by molar-refractivity contribution is 0.245. The van der Waals surface area contributed by atoms with Crippen LogP contribution in [-0.4, -0.2) is 26.8 Å². The molecule has 6 heteroatoms. The first-order valence-corrected chi connectivity index (χ1v) is 7.72. The van der Waals surface area contributed by atoms with E-state index < -0.39 is 0 Å². The van der Waals surface area contributed by atoms with Crippen molar-refractivity contribution in [2.45, 2.75) is 64.1 Å². The molecule has 1 fully saturated rings. The van der Waals surface area contributed by atoms with E-state index in [9.17, 15) is 0 Å². The highest BCUT2D eigenvalue weighted by atomic mass is 32.1. The van der Waals surface area contributed by atoms with Crippen molar-refractivity contribution in [3.63, 3.8) is 0 Å². The van der Waals surface area contributed by atoms with Gasteiger partial charge in [-0.25, -0.2) is 0 Å². The monoisotopic (exact) mass is 312 g/mol. The third-order valence-corrected chi connectivity index (χ3v) is 3.93. The van der Waals surface area contributed by atoms with E-state index in [2.05, 4.69) is 62.0 Å². The summed E-state index contributed by atoms with van der Waals surface area (Å²) in [4.78, 5) is 0. The number of rotatable bonds is 2. The van der Waals surface area contributed by atoms with Gasteiger partial charge in [0.25, 0.3) is 0 Å². The summed E-state index contributed by atoms with van der Waals surface area (Å²) in [5.41, 5.74) is 0.958. The molecule has 1 unspecified atom stereocenters. The van der Waals surface area contributed by atoms with E-state index in [-0.39, 0.29) is 16.6 Å². The SMILES string of the molecule is CC1(C)C=C(CC2(C)CC(C)(C)NC(=S)N2)NC(=S)N1. The number of hydrogen-bond donors (Lipinski definition) is 4. The molecule has 2 heterocycles. The maximum Gasteiger partial charge on any atom is 0.171 e. The van der Waals surface area contributed by atoms with Gasteiger partial charge in [-0.2, -0.15) is 0 Å². The predicted molar refractivity (Wildman–Crippen MR) is 91.6 cm³/mol. The van der Waals surface area contributed by atoms with Gasteiger partial charge < -0.3 is 21.3 Å². The van der Waals surface area contributed by atoms with E-state index in [1.807, 2.05) is 0 Å². The minimum atomic E-state index is -0.114. The molecule has 4 nitrogen and oxygen atoms in total. The molecule has 2 aliphatic heterocycles. The Bertz CT molecular complexity index is 482. The maximum absolute atomic E-state index is 5.34. The second-order valence-corrected chi connectivity index (χ2v) is 8.16. The highest BCUT2D eigenvalue weighted by Gasteiger charge is 2.39. The highest BCUT2D eigenvalue weighted by molar-refractivity contribution is 7.80. The van der Waals surface area contributed by atoms with Crippen LogP contribution in [-0.2, 0) is 0 Å². The highest BCUT2D eigenvalue weighted by Crippen LogP contribution is 2.30. The quantitative estimate of drug-likeness (QED) is 0.585. The van der Waals surface area contributed by atoms with Gasteiger partial charge in [-0.3, -0.25) is 0 Å². The molecule has 0 saturated carbocycles. The van der Waals surface area contributed by atoms with E-state index in [1.165, 1.54) is 0 Å². The van der Waals surface area contributed by atoms with Gasteiger partial charge in [0.15, 0.2) is 10.2 Å². The van der Waals surface area contributed by atoms with Gasteiger partial charge in [-0.15, -0.1) is 0 Å². The van der Waals surface area contributed by atoms with Gasteiger partial charge in [0.2, 0.25) is 0 Å². The lowest BCUT2D eigenvalue weighted by atomic mass is 9.80. The van der Waals surface area contributed by atoms with Crippen molar-refractivity contribution in [3.8, 4) is 0 Å². The van der Waals surface area contributed by atoms with Crippen molar-refractivity contribution in [1.29, 1.82) is 0 Å². The Balaban J connectivity index is 2.18. The summed E-state index contributed by atoms with van der Waals surface area (Å²) in [6, 6.07) is 0. The molecule has 0 aromatic heterocycles. The Hall–Kier alpha value is -0.880. The first-order chi connectivity index (χ1) is 8.99. The summed E-state index contributed by atoms with van der Waals surface area (Å²) in [6.45, 7) is 10.8. The second-order valence-electron chi connectivity index (χ2n) is 7.35. The zero-order valence-electron chi connectivity index (χ0n) is 12.8. The molecule has 4 N–H and O–H groups in total. The van der Waals surface area contributed by atoms with Crippen molar-refractivity contribution in [1.82, 2.24) is 21.3 Å². The van der Waals surface area contributed by atoms with Crippen LogP contribution in [0.1, 0.15) is 47.5 Å². The minimum Gasteiger partial charge on any atom is -0.358 e. The van der Waals surface area contributed by atoms with Gasteiger partial charge in [0.05, 0.1) is 5.54 Å². The fraction of sp³-hybridized carbons (Fsp3) is 0.714. The Morgan fingerprint density at radius 1 is 1.00 bits per heavy atom. The average molecular weight is 313 g/mol. The summed E-state index contributed by atoms with van der Waals surface area (Å²) in [5.74, 6) is 0. The van der Waals surface area contributed by atoms with Crippen LogP contribution in [0.5, 0.6) is 0 Å². The van der Waals surface area contributed by atoms with E-state index in [0.29, 0.717) is 5.11 Å². The zero-order chi connectivity index (χ0) is 15.2.